The molecule has 0 saturated carbocycles. The van der Waals surface area contributed by atoms with Crippen molar-refractivity contribution in [2.24, 2.45) is 0 Å². The van der Waals surface area contributed by atoms with Crippen LogP contribution in [0, 0.1) is 12.4 Å². The molecule has 0 unspecified atom stereocenters. The first kappa shape index (κ1) is 32.0. The van der Waals surface area contributed by atoms with E-state index in [2.05, 4.69) is 106 Å². The molecule has 0 radical (unpaired) electrons. The third-order valence-corrected chi connectivity index (χ3v) is 9.96. The number of benzene rings is 6. The predicted octanol–water partition coefficient (Wildman–Crippen LogP) is 12.7. The first-order valence-electron chi connectivity index (χ1n) is 17.6. The van der Waals surface area contributed by atoms with Crippen molar-refractivity contribution in [3.8, 4) is 28.4 Å². The molecule has 256 valence electrons. The Bertz CT molecular complexity index is 2690. The minimum absolute atomic E-state index is 0.268. The number of aromatic nitrogens is 2. The van der Waals surface area contributed by atoms with Gasteiger partial charge in [-0.2, -0.15) is 0 Å². The SMILES string of the molecule is [C-]#[N+]c1ccc(-c2cc(Oc3ccc4c5ccccc5n(-c5cc(C(C)C)ccn5)c4c3)cc(N3CN(c4ccc(F)cc4)c4ccccc43)c2)cc1. The van der Waals surface area contributed by atoms with Crippen molar-refractivity contribution in [3.05, 3.63) is 175 Å². The number of hydrogen-bond acceptors (Lipinski definition) is 4. The molecule has 1 aliphatic heterocycles. The number of ether oxygens (including phenoxy) is 1. The molecule has 2 aromatic heterocycles. The van der Waals surface area contributed by atoms with Gasteiger partial charge >= 0.3 is 0 Å². The summed E-state index contributed by atoms with van der Waals surface area (Å²) >= 11 is 0. The van der Waals surface area contributed by atoms with Gasteiger partial charge < -0.3 is 14.5 Å². The van der Waals surface area contributed by atoms with Gasteiger partial charge in [-0.3, -0.25) is 4.57 Å². The van der Waals surface area contributed by atoms with Gasteiger partial charge in [0.05, 0.1) is 29.0 Å². The zero-order valence-electron chi connectivity index (χ0n) is 29.2. The Balaban J connectivity index is 1.16. The van der Waals surface area contributed by atoms with E-state index < -0.39 is 0 Å². The molecule has 0 spiro atoms. The first-order chi connectivity index (χ1) is 25.9. The lowest BCUT2D eigenvalue weighted by Gasteiger charge is -2.23. The molecule has 6 aromatic carbocycles. The fraction of sp³-hybridized carbons (Fsp3) is 0.0870. The number of rotatable bonds is 7. The van der Waals surface area contributed by atoms with Crippen molar-refractivity contribution in [2.75, 3.05) is 16.5 Å². The summed E-state index contributed by atoms with van der Waals surface area (Å²) in [5.74, 6) is 2.34. The molecule has 6 nitrogen and oxygen atoms in total. The van der Waals surface area contributed by atoms with Crippen LogP contribution in [0.15, 0.2) is 152 Å². The van der Waals surface area contributed by atoms with Gasteiger partial charge in [-0.05, 0) is 101 Å². The fourth-order valence-corrected chi connectivity index (χ4v) is 7.28. The molecular formula is C46H34FN5O. The summed E-state index contributed by atoms with van der Waals surface area (Å²) in [6.07, 6.45) is 1.89. The van der Waals surface area contributed by atoms with Gasteiger partial charge in [0, 0.05) is 40.5 Å². The fourth-order valence-electron chi connectivity index (χ4n) is 7.28. The second-order valence-corrected chi connectivity index (χ2v) is 13.6. The zero-order valence-corrected chi connectivity index (χ0v) is 29.2. The van der Waals surface area contributed by atoms with Crippen LogP contribution in [0.4, 0.5) is 32.8 Å². The summed E-state index contributed by atoms with van der Waals surface area (Å²) in [6.45, 7) is 12.4. The lowest BCUT2D eigenvalue weighted by molar-refractivity contribution is 0.483. The number of halogens is 1. The molecule has 0 fully saturated rings. The van der Waals surface area contributed by atoms with E-state index in [0.29, 0.717) is 29.8 Å². The van der Waals surface area contributed by atoms with Gasteiger partial charge in [-0.25, -0.2) is 14.2 Å². The standard InChI is InChI=1S/C46H34FN5O/c1-30(2)32-22-23-49-46(26-32)52-42-9-5-4-8-40(42)41-21-20-38(28-45(41)52)53-39-25-33(31-12-16-35(48-3)17-13-31)24-37(27-39)51-29-50(36-18-14-34(47)15-19-36)43-10-6-7-11-44(43)51/h4-28,30H,29H2,1-2H3. The summed E-state index contributed by atoms with van der Waals surface area (Å²) < 4.78 is 22.9. The second-order valence-electron chi connectivity index (χ2n) is 13.6. The van der Waals surface area contributed by atoms with E-state index in [9.17, 15) is 4.39 Å². The molecule has 0 saturated heterocycles. The summed E-state index contributed by atoms with van der Waals surface area (Å²) in [5.41, 5.74) is 9.73. The molecule has 0 aliphatic carbocycles. The molecule has 0 atom stereocenters. The quantitative estimate of drug-likeness (QED) is 0.156. The maximum atomic E-state index is 13.9. The average molecular weight is 692 g/mol. The molecule has 0 bridgehead atoms. The van der Waals surface area contributed by atoms with Crippen LogP contribution in [0.25, 0.3) is 43.6 Å². The summed E-state index contributed by atoms with van der Waals surface area (Å²) in [7, 11) is 0. The summed E-state index contributed by atoms with van der Waals surface area (Å²) in [5, 5.41) is 2.27. The van der Waals surface area contributed by atoms with Crippen LogP contribution in [0.1, 0.15) is 25.3 Å². The van der Waals surface area contributed by atoms with Crippen molar-refractivity contribution in [1.82, 2.24) is 9.55 Å². The molecule has 8 aromatic rings. The highest BCUT2D eigenvalue weighted by molar-refractivity contribution is 6.09. The van der Waals surface area contributed by atoms with Crippen LogP contribution >= 0.6 is 0 Å². The van der Waals surface area contributed by atoms with Crippen molar-refractivity contribution < 1.29 is 9.13 Å². The van der Waals surface area contributed by atoms with Gasteiger partial charge in [-0.15, -0.1) is 0 Å². The zero-order chi connectivity index (χ0) is 36.1. The van der Waals surface area contributed by atoms with Crippen molar-refractivity contribution >= 4 is 50.2 Å². The number of pyridine rings is 1. The number of para-hydroxylation sites is 3. The van der Waals surface area contributed by atoms with E-state index in [0.717, 1.165) is 61.5 Å². The Kier molecular flexibility index (Phi) is 7.86. The van der Waals surface area contributed by atoms with E-state index in [1.54, 1.807) is 0 Å². The smallest absolute Gasteiger partial charge is 0.187 e. The molecule has 0 amide bonds. The highest BCUT2D eigenvalue weighted by Gasteiger charge is 2.28. The van der Waals surface area contributed by atoms with Gasteiger partial charge in [-0.1, -0.05) is 68.4 Å². The largest absolute Gasteiger partial charge is 0.457 e. The van der Waals surface area contributed by atoms with Gasteiger partial charge in [0.2, 0.25) is 0 Å². The summed E-state index contributed by atoms with van der Waals surface area (Å²) in [6, 6.07) is 47.6. The summed E-state index contributed by atoms with van der Waals surface area (Å²) in [4.78, 5) is 12.8. The second kappa shape index (κ2) is 13.0. The molecule has 53 heavy (non-hydrogen) atoms. The third-order valence-electron chi connectivity index (χ3n) is 9.96. The molecule has 3 heterocycles. The number of nitrogens with zero attached hydrogens (tertiary/aromatic N) is 5. The molecule has 1 aliphatic rings. The molecule has 0 N–H and O–H groups in total. The van der Waals surface area contributed by atoms with E-state index in [-0.39, 0.29) is 5.82 Å². The van der Waals surface area contributed by atoms with Crippen LogP contribution in [-0.2, 0) is 0 Å². The average Bonchev–Trinajstić information content (AvgIpc) is 3.74. The van der Waals surface area contributed by atoms with Gasteiger partial charge in [0.25, 0.3) is 0 Å². The van der Waals surface area contributed by atoms with Gasteiger partial charge in [0.15, 0.2) is 5.69 Å². The molecule has 9 rings (SSSR count). The van der Waals surface area contributed by atoms with Crippen molar-refractivity contribution in [3.63, 3.8) is 0 Å². The Morgan fingerprint density at radius 1 is 0.660 bits per heavy atom. The minimum atomic E-state index is -0.268. The topological polar surface area (TPSA) is 37.9 Å². The van der Waals surface area contributed by atoms with Crippen LogP contribution in [0.5, 0.6) is 11.5 Å². The lowest BCUT2D eigenvalue weighted by Crippen LogP contribution is -2.24. The predicted molar refractivity (Wildman–Crippen MR) is 213 cm³/mol. The molecular weight excluding hydrogens is 658 g/mol. The minimum Gasteiger partial charge on any atom is -0.457 e. The van der Waals surface area contributed by atoms with E-state index in [1.807, 2.05) is 66.9 Å². The Labute approximate surface area is 307 Å². The normalized spacial score (nSPS) is 12.4. The number of fused-ring (bicyclic) bond motifs is 4. The monoisotopic (exact) mass is 691 g/mol. The highest BCUT2D eigenvalue weighted by atomic mass is 19.1. The number of hydrogen-bond donors (Lipinski definition) is 0. The Morgan fingerprint density at radius 2 is 1.38 bits per heavy atom. The van der Waals surface area contributed by atoms with Crippen LogP contribution < -0.4 is 14.5 Å². The van der Waals surface area contributed by atoms with Crippen LogP contribution in [0.2, 0.25) is 0 Å². The van der Waals surface area contributed by atoms with Gasteiger partial charge in [0.1, 0.15) is 29.8 Å². The maximum absolute atomic E-state index is 13.9. The van der Waals surface area contributed by atoms with E-state index in [4.69, 9.17) is 16.3 Å². The third kappa shape index (κ3) is 5.81. The van der Waals surface area contributed by atoms with E-state index >= 15 is 0 Å². The highest BCUT2D eigenvalue weighted by Crippen LogP contribution is 2.46. The molecule has 7 heteroatoms. The van der Waals surface area contributed by atoms with Crippen molar-refractivity contribution in [2.45, 2.75) is 19.8 Å². The van der Waals surface area contributed by atoms with E-state index in [1.165, 1.54) is 17.7 Å². The number of anilines is 4. The van der Waals surface area contributed by atoms with Crippen LogP contribution in [-0.4, -0.2) is 16.2 Å². The van der Waals surface area contributed by atoms with Crippen LogP contribution in [0.3, 0.4) is 0 Å². The first-order valence-corrected chi connectivity index (χ1v) is 17.6. The van der Waals surface area contributed by atoms with Crippen molar-refractivity contribution in [1.29, 1.82) is 0 Å². The lowest BCUT2D eigenvalue weighted by atomic mass is 10.0. The Hall–Kier alpha value is -6.91. The maximum Gasteiger partial charge on any atom is 0.187 e. The Morgan fingerprint density at radius 3 is 2.13 bits per heavy atom.